The number of anilines is 2. The predicted molar refractivity (Wildman–Crippen MR) is 72.7 cm³/mol. The van der Waals surface area contributed by atoms with Crippen LogP contribution in [0.15, 0.2) is 24.3 Å². The zero-order chi connectivity index (χ0) is 13.1. The molecule has 5 nitrogen and oxygen atoms in total. The van der Waals surface area contributed by atoms with Crippen molar-refractivity contribution in [2.75, 3.05) is 18.2 Å². The Balaban J connectivity index is 2.06. The molecule has 3 N–H and O–H groups in total. The average Bonchev–Trinajstić information content (AvgIpc) is 2.69. The minimum atomic E-state index is 0.655. The van der Waals surface area contributed by atoms with E-state index in [4.69, 9.17) is 10.5 Å². The van der Waals surface area contributed by atoms with Gasteiger partial charge in [-0.25, -0.2) is 4.68 Å². The van der Waals surface area contributed by atoms with E-state index in [1.54, 1.807) is 11.8 Å². The number of hydrogen-bond donors (Lipinski definition) is 2. The van der Waals surface area contributed by atoms with Gasteiger partial charge < -0.3 is 15.8 Å². The third-order valence-corrected chi connectivity index (χ3v) is 2.81. The van der Waals surface area contributed by atoms with E-state index in [1.165, 1.54) is 0 Å². The molecule has 0 fully saturated rings. The molecule has 0 spiro atoms. The molecule has 5 heteroatoms. The average molecular weight is 246 g/mol. The molecule has 0 bridgehead atoms. The number of aryl methyl sites for hydroxylation is 2. The van der Waals surface area contributed by atoms with E-state index in [9.17, 15) is 0 Å². The maximum Gasteiger partial charge on any atom is 0.211 e. The van der Waals surface area contributed by atoms with E-state index in [1.807, 2.05) is 38.2 Å². The third kappa shape index (κ3) is 2.56. The molecule has 1 heterocycles. The predicted octanol–water partition coefficient (Wildman–Crippen LogP) is 1.93. The van der Waals surface area contributed by atoms with Crippen LogP contribution in [0.3, 0.4) is 0 Å². The van der Waals surface area contributed by atoms with Crippen molar-refractivity contribution >= 4 is 11.4 Å². The number of rotatable bonds is 4. The number of ether oxygens (including phenoxy) is 1. The van der Waals surface area contributed by atoms with Crippen LogP contribution in [0.2, 0.25) is 0 Å². The Morgan fingerprint density at radius 1 is 1.39 bits per heavy atom. The topological polar surface area (TPSA) is 65.1 Å². The van der Waals surface area contributed by atoms with Crippen LogP contribution in [0.25, 0.3) is 0 Å². The fraction of sp³-hybridized carbons (Fsp3) is 0.308. The van der Waals surface area contributed by atoms with Crippen molar-refractivity contribution < 1.29 is 4.74 Å². The quantitative estimate of drug-likeness (QED) is 0.809. The van der Waals surface area contributed by atoms with Crippen molar-refractivity contribution in [2.24, 2.45) is 7.05 Å². The normalized spacial score (nSPS) is 10.4. The van der Waals surface area contributed by atoms with Gasteiger partial charge in [0.2, 0.25) is 5.88 Å². The van der Waals surface area contributed by atoms with Gasteiger partial charge in [0.1, 0.15) is 0 Å². The number of hydrogen-bond acceptors (Lipinski definition) is 4. The second-order valence-corrected chi connectivity index (χ2v) is 4.23. The number of nitrogens with one attached hydrogen (secondary N) is 1. The van der Waals surface area contributed by atoms with Crippen molar-refractivity contribution in [3.8, 4) is 5.88 Å². The summed E-state index contributed by atoms with van der Waals surface area (Å²) < 4.78 is 6.89. The lowest BCUT2D eigenvalue weighted by Crippen LogP contribution is -2.03. The molecule has 0 amide bonds. The fourth-order valence-corrected chi connectivity index (χ4v) is 1.86. The SMILES string of the molecule is COc1cc(CNc2ccc(N)cc2C)nn1C. The zero-order valence-electron chi connectivity index (χ0n) is 10.9. The molecule has 1 aromatic carbocycles. The van der Waals surface area contributed by atoms with E-state index in [-0.39, 0.29) is 0 Å². The summed E-state index contributed by atoms with van der Waals surface area (Å²) in [5, 5.41) is 7.68. The molecule has 96 valence electrons. The van der Waals surface area contributed by atoms with E-state index >= 15 is 0 Å². The Hall–Kier alpha value is -2.17. The molecule has 18 heavy (non-hydrogen) atoms. The Labute approximate surface area is 107 Å². The van der Waals surface area contributed by atoms with Gasteiger partial charge in [-0.1, -0.05) is 0 Å². The molecule has 0 aliphatic rings. The minimum Gasteiger partial charge on any atom is -0.481 e. The fourth-order valence-electron chi connectivity index (χ4n) is 1.86. The standard InChI is InChI=1S/C13H18N4O/c1-9-6-10(14)4-5-12(9)15-8-11-7-13(18-3)17(2)16-11/h4-7,15H,8,14H2,1-3H3. The van der Waals surface area contributed by atoms with Gasteiger partial charge in [0.25, 0.3) is 0 Å². The van der Waals surface area contributed by atoms with Gasteiger partial charge in [-0.15, -0.1) is 0 Å². The summed E-state index contributed by atoms with van der Waals surface area (Å²) in [6.07, 6.45) is 0. The van der Waals surface area contributed by atoms with Crippen LogP contribution in [0.5, 0.6) is 5.88 Å². The van der Waals surface area contributed by atoms with Crippen LogP contribution in [0.1, 0.15) is 11.3 Å². The summed E-state index contributed by atoms with van der Waals surface area (Å²) in [5.74, 6) is 0.751. The highest BCUT2D eigenvalue weighted by molar-refractivity contribution is 5.57. The molecule has 0 aliphatic heterocycles. The summed E-state index contributed by atoms with van der Waals surface area (Å²) in [6.45, 7) is 2.68. The highest BCUT2D eigenvalue weighted by atomic mass is 16.5. The molecule has 2 rings (SSSR count). The molecule has 1 aromatic heterocycles. The summed E-state index contributed by atoms with van der Waals surface area (Å²) in [5.41, 5.74) is 9.61. The summed E-state index contributed by atoms with van der Waals surface area (Å²) in [4.78, 5) is 0. The molecular weight excluding hydrogens is 228 g/mol. The number of methoxy groups -OCH3 is 1. The van der Waals surface area contributed by atoms with Gasteiger partial charge in [-0.3, -0.25) is 0 Å². The van der Waals surface area contributed by atoms with Crippen LogP contribution >= 0.6 is 0 Å². The Morgan fingerprint density at radius 3 is 2.78 bits per heavy atom. The van der Waals surface area contributed by atoms with Gasteiger partial charge in [0, 0.05) is 24.5 Å². The van der Waals surface area contributed by atoms with Crippen molar-refractivity contribution in [2.45, 2.75) is 13.5 Å². The number of benzene rings is 1. The van der Waals surface area contributed by atoms with Crippen molar-refractivity contribution in [3.63, 3.8) is 0 Å². The van der Waals surface area contributed by atoms with E-state index in [0.29, 0.717) is 6.54 Å². The largest absolute Gasteiger partial charge is 0.481 e. The third-order valence-electron chi connectivity index (χ3n) is 2.81. The van der Waals surface area contributed by atoms with E-state index in [0.717, 1.165) is 28.5 Å². The van der Waals surface area contributed by atoms with Crippen LogP contribution in [-0.4, -0.2) is 16.9 Å². The lowest BCUT2D eigenvalue weighted by molar-refractivity contribution is 0.373. The van der Waals surface area contributed by atoms with Crippen LogP contribution in [0.4, 0.5) is 11.4 Å². The Morgan fingerprint density at radius 2 is 2.17 bits per heavy atom. The number of nitrogens with zero attached hydrogens (tertiary/aromatic N) is 2. The first kappa shape index (κ1) is 12.3. The Bertz CT molecular complexity index is 548. The van der Waals surface area contributed by atoms with Crippen molar-refractivity contribution in [1.29, 1.82) is 0 Å². The van der Waals surface area contributed by atoms with Crippen LogP contribution < -0.4 is 15.8 Å². The van der Waals surface area contributed by atoms with Gasteiger partial charge in [0.05, 0.1) is 19.3 Å². The maximum absolute atomic E-state index is 5.72. The molecule has 0 radical (unpaired) electrons. The lowest BCUT2D eigenvalue weighted by Gasteiger charge is -2.08. The molecule has 2 aromatic rings. The zero-order valence-corrected chi connectivity index (χ0v) is 10.9. The molecule has 0 saturated heterocycles. The van der Waals surface area contributed by atoms with Crippen molar-refractivity contribution in [3.05, 3.63) is 35.5 Å². The maximum atomic E-state index is 5.72. The van der Waals surface area contributed by atoms with Gasteiger partial charge in [0.15, 0.2) is 0 Å². The first-order chi connectivity index (χ1) is 8.60. The van der Waals surface area contributed by atoms with E-state index in [2.05, 4.69) is 10.4 Å². The van der Waals surface area contributed by atoms with Crippen LogP contribution in [-0.2, 0) is 13.6 Å². The first-order valence-corrected chi connectivity index (χ1v) is 5.77. The minimum absolute atomic E-state index is 0.655. The van der Waals surface area contributed by atoms with Gasteiger partial charge in [-0.05, 0) is 30.7 Å². The van der Waals surface area contributed by atoms with Gasteiger partial charge in [-0.2, -0.15) is 5.10 Å². The summed E-state index contributed by atoms with van der Waals surface area (Å²) >= 11 is 0. The number of aromatic nitrogens is 2. The summed E-state index contributed by atoms with van der Waals surface area (Å²) in [6, 6.07) is 7.72. The summed E-state index contributed by atoms with van der Waals surface area (Å²) in [7, 11) is 3.50. The highest BCUT2D eigenvalue weighted by Crippen LogP contribution is 2.19. The van der Waals surface area contributed by atoms with E-state index < -0.39 is 0 Å². The molecule has 0 atom stereocenters. The second kappa shape index (κ2) is 5.00. The monoisotopic (exact) mass is 246 g/mol. The second-order valence-electron chi connectivity index (χ2n) is 4.23. The smallest absolute Gasteiger partial charge is 0.211 e. The number of nitrogens with two attached hydrogens (primary N) is 1. The lowest BCUT2D eigenvalue weighted by atomic mass is 10.2. The highest BCUT2D eigenvalue weighted by Gasteiger charge is 2.05. The van der Waals surface area contributed by atoms with Crippen molar-refractivity contribution in [1.82, 2.24) is 9.78 Å². The van der Waals surface area contributed by atoms with Gasteiger partial charge >= 0.3 is 0 Å². The molecule has 0 unspecified atom stereocenters. The molecular formula is C13H18N4O. The van der Waals surface area contributed by atoms with Crippen LogP contribution in [0, 0.1) is 6.92 Å². The molecule has 0 saturated carbocycles. The molecule has 0 aliphatic carbocycles. The Kier molecular flexibility index (Phi) is 3.41. The number of nitrogen functional groups attached to an aromatic ring is 1. The first-order valence-electron chi connectivity index (χ1n) is 5.77.